The lowest BCUT2D eigenvalue weighted by atomic mass is 10.0. The van der Waals surface area contributed by atoms with Crippen LogP contribution in [0, 0.1) is 0 Å². The van der Waals surface area contributed by atoms with E-state index < -0.39 is 0 Å². The Kier molecular flexibility index (Phi) is 5.85. The maximum Gasteiger partial charge on any atom is 0.315 e. The Bertz CT molecular complexity index is 744. The average molecular weight is 406 g/mol. The molecule has 0 radical (unpaired) electrons. The van der Waals surface area contributed by atoms with E-state index >= 15 is 0 Å². The van der Waals surface area contributed by atoms with Gasteiger partial charge in [0.2, 0.25) is 5.91 Å². The molecule has 3 N–H and O–H groups in total. The van der Waals surface area contributed by atoms with Gasteiger partial charge in [0, 0.05) is 17.4 Å². The van der Waals surface area contributed by atoms with Crippen LogP contribution in [-0.2, 0) is 4.79 Å². The summed E-state index contributed by atoms with van der Waals surface area (Å²) in [7, 11) is 0. The number of unbranched alkanes of at least 4 members (excludes halogenated alkanes) is 1. The van der Waals surface area contributed by atoms with Gasteiger partial charge in [0.15, 0.2) is 11.5 Å². The van der Waals surface area contributed by atoms with Gasteiger partial charge in [-0.1, -0.05) is 12.5 Å². The van der Waals surface area contributed by atoms with Gasteiger partial charge in [-0.3, -0.25) is 4.79 Å². The van der Waals surface area contributed by atoms with E-state index in [-0.39, 0.29) is 30.1 Å². The fraction of sp³-hybridized carbons (Fsp3) is 0.600. The Hall–Kier alpha value is -2.09. The SMILES string of the molecule is C[C@@H](NC(=O)CCCC[C@@H]1SC[C@@H]2NC(=O)N[C@@H]21)c1ccc2c(c1)OCCO2. The number of rotatable bonds is 7. The highest BCUT2D eigenvalue weighted by Gasteiger charge is 2.42. The van der Waals surface area contributed by atoms with Crippen molar-refractivity contribution >= 4 is 23.7 Å². The molecule has 3 heterocycles. The van der Waals surface area contributed by atoms with Crippen LogP contribution in [0.4, 0.5) is 4.79 Å². The number of hydrogen-bond donors (Lipinski definition) is 3. The van der Waals surface area contributed by atoms with E-state index in [1.54, 1.807) is 0 Å². The van der Waals surface area contributed by atoms with E-state index in [1.165, 1.54) is 0 Å². The smallest absolute Gasteiger partial charge is 0.315 e. The minimum absolute atomic E-state index is 0.0483. The van der Waals surface area contributed by atoms with Crippen molar-refractivity contribution in [3.8, 4) is 11.5 Å². The molecule has 0 aliphatic carbocycles. The van der Waals surface area contributed by atoms with Crippen LogP contribution in [0.25, 0.3) is 0 Å². The molecule has 0 aromatic heterocycles. The molecule has 2 fully saturated rings. The van der Waals surface area contributed by atoms with Crippen LogP contribution in [0.2, 0.25) is 0 Å². The first-order chi connectivity index (χ1) is 13.6. The molecule has 2 saturated heterocycles. The van der Waals surface area contributed by atoms with Gasteiger partial charge >= 0.3 is 6.03 Å². The molecule has 8 heteroatoms. The summed E-state index contributed by atoms with van der Waals surface area (Å²) in [5, 5.41) is 9.49. The molecular formula is C20H27N3O4S. The lowest BCUT2D eigenvalue weighted by molar-refractivity contribution is -0.121. The first-order valence-electron chi connectivity index (χ1n) is 9.98. The van der Waals surface area contributed by atoms with Gasteiger partial charge in [-0.15, -0.1) is 0 Å². The van der Waals surface area contributed by atoms with Crippen molar-refractivity contribution in [1.82, 2.24) is 16.0 Å². The fourth-order valence-corrected chi connectivity index (χ4v) is 5.54. The van der Waals surface area contributed by atoms with E-state index in [2.05, 4.69) is 16.0 Å². The average Bonchev–Trinajstić information content (AvgIpc) is 3.24. The van der Waals surface area contributed by atoms with Crippen molar-refractivity contribution in [2.45, 2.75) is 56.0 Å². The molecule has 152 valence electrons. The topological polar surface area (TPSA) is 88.7 Å². The summed E-state index contributed by atoms with van der Waals surface area (Å²) in [5.41, 5.74) is 1.01. The van der Waals surface area contributed by atoms with Crippen molar-refractivity contribution in [2.75, 3.05) is 19.0 Å². The number of fused-ring (bicyclic) bond motifs is 2. The number of urea groups is 1. The van der Waals surface area contributed by atoms with Gasteiger partial charge in [0.25, 0.3) is 0 Å². The molecule has 3 amide bonds. The number of nitrogens with one attached hydrogen (secondary N) is 3. The maximum absolute atomic E-state index is 12.3. The van der Waals surface area contributed by atoms with Gasteiger partial charge < -0.3 is 25.4 Å². The van der Waals surface area contributed by atoms with Crippen LogP contribution < -0.4 is 25.4 Å². The molecule has 3 aliphatic rings. The number of ether oxygens (including phenoxy) is 2. The third kappa shape index (κ3) is 4.32. The lowest BCUT2D eigenvalue weighted by Gasteiger charge is -2.21. The van der Waals surface area contributed by atoms with Crippen LogP contribution in [-0.4, -0.2) is 48.2 Å². The molecule has 28 heavy (non-hydrogen) atoms. The summed E-state index contributed by atoms with van der Waals surface area (Å²) in [5.74, 6) is 2.54. The van der Waals surface area contributed by atoms with Crippen LogP contribution in [0.1, 0.15) is 44.2 Å². The van der Waals surface area contributed by atoms with Gasteiger partial charge in [-0.25, -0.2) is 4.79 Å². The van der Waals surface area contributed by atoms with Crippen molar-refractivity contribution < 1.29 is 19.1 Å². The van der Waals surface area contributed by atoms with E-state index in [9.17, 15) is 9.59 Å². The predicted molar refractivity (Wildman–Crippen MR) is 108 cm³/mol. The summed E-state index contributed by atoms with van der Waals surface area (Å²) in [4.78, 5) is 23.7. The molecule has 4 rings (SSSR count). The number of thioether (sulfide) groups is 1. The molecule has 7 nitrogen and oxygen atoms in total. The van der Waals surface area contributed by atoms with E-state index in [4.69, 9.17) is 9.47 Å². The Labute approximate surface area is 169 Å². The van der Waals surface area contributed by atoms with Gasteiger partial charge in [0.05, 0.1) is 18.1 Å². The zero-order chi connectivity index (χ0) is 19.5. The second-order valence-corrected chi connectivity index (χ2v) is 8.83. The highest BCUT2D eigenvalue weighted by Crippen LogP contribution is 2.34. The quantitative estimate of drug-likeness (QED) is 0.479. The highest BCUT2D eigenvalue weighted by molar-refractivity contribution is 8.00. The van der Waals surface area contributed by atoms with Crippen LogP contribution in [0.5, 0.6) is 11.5 Å². The molecule has 0 bridgehead atoms. The van der Waals surface area contributed by atoms with Crippen molar-refractivity contribution in [2.24, 2.45) is 0 Å². The first kappa shape index (κ1) is 19.2. The first-order valence-corrected chi connectivity index (χ1v) is 11.0. The molecule has 3 aliphatic heterocycles. The monoisotopic (exact) mass is 405 g/mol. The zero-order valence-electron chi connectivity index (χ0n) is 16.0. The molecule has 0 unspecified atom stereocenters. The summed E-state index contributed by atoms with van der Waals surface area (Å²) in [6.45, 7) is 3.11. The molecule has 0 saturated carbocycles. The number of amides is 3. The fourth-order valence-electron chi connectivity index (χ4n) is 4.00. The van der Waals surface area contributed by atoms with E-state index in [1.807, 2.05) is 36.9 Å². The second kappa shape index (κ2) is 8.51. The number of benzene rings is 1. The van der Waals surface area contributed by atoms with E-state index in [0.29, 0.717) is 24.9 Å². The second-order valence-electron chi connectivity index (χ2n) is 7.56. The Balaban J connectivity index is 1.18. The maximum atomic E-state index is 12.3. The third-order valence-electron chi connectivity index (χ3n) is 5.52. The Morgan fingerprint density at radius 3 is 2.93 bits per heavy atom. The Morgan fingerprint density at radius 1 is 1.25 bits per heavy atom. The van der Waals surface area contributed by atoms with Crippen LogP contribution in [0.3, 0.4) is 0 Å². The minimum Gasteiger partial charge on any atom is -0.486 e. The largest absolute Gasteiger partial charge is 0.486 e. The van der Waals surface area contributed by atoms with Crippen LogP contribution in [0.15, 0.2) is 18.2 Å². The normalized spacial score (nSPS) is 26.2. The van der Waals surface area contributed by atoms with Crippen molar-refractivity contribution in [3.63, 3.8) is 0 Å². The standard InChI is InChI=1S/C20H27N3O4S/c1-12(13-6-7-15-16(10-13)27-9-8-26-15)21-18(24)5-3-2-4-17-19-14(11-28-17)22-20(25)23-19/h6-7,10,12,14,17,19H,2-5,8-9,11H2,1H3,(H,21,24)(H2,22,23,25)/t12-,14+,17+,19+/m1/s1. The van der Waals surface area contributed by atoms with Crippen LogP contribution >= 0.6 is 11.8 Å². The highest BCUT2D eigenvalue weighted by atomic mass is 32.2. The number of hydrogen-bond acceptors (Lipinski definition) is 5. The van der Waals surface area contributed by atoms with Gasteiger partial charge in [0.1, 0.15) is 13.2 Å². The number of carbonyl (C=O) groups excluding carboxylic acids is 2. The van der Waals surface area contributed by atoms with Crippen molar-refractivity contribution in [1.29, 1.82) is 0 Å². The summed E-state index contributed by atoms with van der Waals surface area (Å²) < 4.78 is 11.2. The predicted octanol–water partition coefficient (Wildman–Crippen LogP) is 2.36. The summed E-state index contributed by atoms with van der Waals surface area (Å²) in [6, 6.07) is 6.18. The lowest BCUT2D eigenvalue weighted by Crippen LogP contribution is -2.36. The van der Waals surface area contributed by atoms with E-state index in [0.717, 1.165) is 42.1 Å². The molecule has 1 aromatic rings. The molecule has 4 atom stereocenters. The summed E-state index contributed by atoms with van der Waals surface area (Å²) >= 11 is 1.91. The molecule has 0 spiro atoms. The minimum atomic E-state index is -0.0748. The Morgan fingerprint density at radius 2 is 2.07 bits per heavy atom. The van der Waals surface area contributed by atoms with Gasteiger partial charge in [-0.05, 0) is 37.5 Å². The van der Waals surface area contributed by atoms with Gasteiger partial charge in [-0.2, -0.15) is 11.8 Å². The van der Waals surface area contributed by atoms with Crippen molar-refractivity contribution in [3.05, 3.63) is 23.8 Å². The molecular weight excluding hydrogens is 378 g/mol. The summed E-state index contributed by atoms with van der Waals surface area (Å²) in [6.07, 6.45) is 3.39. The molecule has 1 aromatic carbocycles. The zero-order valence-corrected chi connectivity index (χ0v) is 16.8. The third-order valence-corrected chi connectivity index (χ3v) is 7.03. The number of carbonyl (C=O) groups is 2.